The molecule has 4 rings (SSSR count). The van der Waals surface area contributed by atoms with E-state index >= 15 is 0 Å². The van der Waals surface area contributed by atoms with Crippen LogP contribution < -0.4 is 10.0 Å². The molecule has 1 aliphatic rings. The first-order valence-corrected chi connectivity index (χ1v) is 10.9. The highest BCUT2D eigenvalue weighted by molar-refractivity contribution is 6.09. The number of rotatable bonds is 8. The van der Waals surface area contributed by atoms with Crippen molar-refractivity contribution in [2.75, 3.05) is 11.4 Å². The number of carbonyl (C=O) groups excluding carboxylic acids is 2. The average Bonchev–Trinajstić information content (AvgIpc) is 2.91. The highest BCUT2D eigenvalue weighted by Crippen LogP contribution is 2.40. The number of para-hydroxylation sites is 1. The predicted octanol–water partition coefficient (Wildman–Crippen LogP) is 3.85. The molecule has 1 heterocycles. The van der Waals surface area contributed by atoms with Crippen LogP contribution in [0.3, 0.4) is 0 Å². The molecular weight excluding hydrogens is 420 g/mol. The third-order valence-electron chi connectivity index (χ3n) is 6.03. The summed E-state index contributed by atoms with van der Waals surface area (Å²) in [6, 6.07) is 21.1. The van der Waals surface area contributed by atoms with Crippen molar-refractivity contribution in [2.45, 2.75) is 31.6 Å². The Balaban J connectivity index is 1.55. The van der Waals surface area contributed by atoms with E-state index in [0.717, 1.165) is 36.1 Å². The van der Waals surface area contributed by atoms with Gasteiger partial charge in [0.05, 0.1) is 4.92 Å². The van der Waals surface area contributed by atoms with Crippen molar-refractivity contribution in [3.63, 3.8) is 0 Å². The number of aliphatic carboxylic acids is 1. The van der Waals surface area contributed by atoms with Crippen LogP contribution in [-0.4, -0.2) is 23.3 Å². The summed E-state index contributed by atoms with van der Waals surface area (Å²) in [5.41, 5.74) is 3.80. The average molecular weight is 443 g/mol. The number of fused-ring (bicyclic) bond motifs is 2. The summed E-state index contributed by atoms with van der Waals surface area (Å²) >= 11 is 0. The van der Waals surface area contributed by atoms with E-state index in [9.17, 15) is 24.8 Å². The maximum absolute atomic E-state index is 13.5. The molecule has 0 N–H and O–H groups in total. The largest absolute Gasteiger partial charge is 0.550 e. The Morgan fingerprint density at radius 3 is 2.27 bits per heavy atom. The van der Waals surface area contributed by atoms with E-state index in [1.54, 1.807) is 29.2 Å². The molecule has 0 saturated carbocycles. The first-order chi connectivity index (χ1) is 16.0. The monoisotopic (exact) mass is 443 g/mol. The molecule has 1 amide bonds. The molecule has 7 nitrogen and oxygen atoms in total. The van der Waals surface area contributed by atoms with Crippen molar-refractivity contribution in [2.24, 2.45) is 0 Å². The molecule has 0 bridgehead atoms. The van der Waals surface area contributed by atoms with Crippen molar-refractivity contribution in [1.82, 2.24) is 0 Å². The number of hydrogen-bond acceptors (Lipinski definition) is 5. The fraction of sp³-hybridized carbons (Fsp3) is 0.231. The van der Waals surface area contributed by atoms with Crippen LogP contribution in [0, 0.1) is 10.1 Å². The van der Waals surface area contributed by atoms with Crippen LogP contribution in [-0.2, 0) is 11.2 Å². The second kappa shape index (κ2) is 9.65. The molecule has 0 spiro atoms. The summed E-state index contributed by atoms with van der Waals surface area (Å²) in [5.74, 6) is -1.76. The number of benzene rings is 3. The van der Waals surface area contributed by atoms with Gasteiger partial charge in [-0.2, -0.15) is 0 Å². The minimum atomic E-state index is -1.16. The number of non-ortho nitro benzene ring substituents is 1. The Bertz CT molecular complexity index is 1190. The fourth-order valence-electron chi connectivity index (χ4n) is 4.44. The molecule has 33 heavy (non-hydrogen) atoms. The maximum atomic E-state index is 13.5. The standard InChI is InChI=1S/C26H24N2O5/c29-25(30)17-23-20-8-1-2-10-22(20)26(31)27(24-11-4-3-9-21(23)24)16-6-5-7-18-12-14-19(15-13-18)28(32)33/h1-4,8-15,23H,5-7,16-17H2,(H,29,30)/p-1. The van der Waals surface area contributed by atoms with E-state index in [2.05, 4.69) is 0 Å². The first kappa shape index (κ1) is 22.2. The molecule has 1 aliphatic heterocycles. The lowest BCUT2D eigenvalue weighted by molar-refractivity contribution is -0.384. The zero-order valence-electron chi connectivity index (χ0n) is 18.0. The second-order valence-electron chi connectivity index (χ2n) is 8.11. The van der Waals surface area contributed by atoms with Gasteiger partial charge in [-0.25, -0.2) is 0 Å². The minimum absolute atomic E-state index is 0.0651. The van der Waals surface area contributed by atoms with Gasteiger partial charge in [0.1, 0.15) is 0 Å². The van der Waals surface area contributed by atoms with Crippen LogP contribution in [0.4, 0.5) is 11.4 Å². The molecule has 0 saturated heterocycles. The normalized spacial score (nSPS) is 14.8. The van der Waals surface area contributed by atoms with Gasteiger partial charge in [-0.15, -0.1) is 0 Å². The summed E-state index contributed by atoms with van der Waals surface area (Å²) in [4.78, 5) is 37.1. The highest BCUT2D eigenvalue weighted by atomic mass is 16.6. The van der Waals surface area contributed by atoms with E-state index in [4.69, 9.17) is 0 Å². The smallest absolute Gasteiger partial charge is 0.269 e. The molecule has 0 radical (unpaired) electrons. The Labute approximate surface area is 191 Å². The van der Waals surface area contributed by atoms with Crippen molar-refractivity contribution < 1.29 is 19.6 Å². The number of hydrogen-bond donors (Lipinski definition) is 0. The molecule has 1 atom stereocenters. The van der Waals surface area contributed by atoms with E-state index in [1.165, 1.54) is 12.1 Å². The van der Waals surface area contributed by atoms with Crippen molar-refractivity contribution in [3.8, 4) is 0 Å². The molecule has 1 unspecified atom stereocenters. The highest BCUT2D eigenvalue weighted by Gasteiger charge is 2.31. The number of carboxylic acid groups (broad SMARTS) is 1. The molecule has 0 fully saturated rings. The van der Waals surface area contributed by atoms with Crippen molar-refractivity contribution >= 4 is 23.3 Å². The number of carboxylic acids is 1. The summed E-state index contributed by atoms with van der Waals surface area (Å²) in [7, 11) is 0. The molecule has 0 aromatic heterocycles. The number of nitrogens with zero attached hydrogens (tertiary/aromatic N) is 2. The van der Waals surface area contributed by atoms with Gasteiger partial charge in [0.15, 0.2) is 0 Å². The van der Waals surface area contributed by atoms with Gasteiger partial charge in [0, 0.05) is 41.8 Å². The number of nitro groups is 1. The number of unbranched alkanes of at least 4 members (excludes halogenated alkanes) is 1. The Morgan fingerprint density at radius 1 is 0.909 bits per heavy atom. The van der Waals surface area contributed by atoms with Gasteiger partial charge in [-0.05, 0) is 54.5 Å². The van der Waals surface area contributed by atoms with E-state index in [0.29, 0.717) is 17.7 Å². The lowest BCUT2D eigenvalue weighted by atomic mass is 9.86. The van der Waals surface area contributed by atoms with Crippen LogP contribution in [0.15, 0.2) is 72.8 Å². The number of amides is 1. The van der Waals surface area contributed by atoms with Crippen molar-refractivity contribution in [3.05, 3.63) is 105 Å². The van der Waals surface area contributed by atoms with Crippen LogP contribution >= 0.6 is 0 Å². The number of carbonyl (C=O) groups is 2. The van der Waals surface area contributed by atoms with Crippen LogP contribution in [0.2, 0.25) is 0 Å². The van der Waals surface area contributed by atoms with Crippen molar-refractivity contribution in [1.29, 1.82) is 0 Å². The molecule has 7 heteroatoms. The van der Waals surface area contributed by atoms with Gasteiger partial charge >= 0.3 is 0 Å². The minimum Gasteiger partial charge on any atom is -0.550 e. The fourth-order valence-corrected chi connectivity index (χ4v) is 4.44. The molecule has 3 aromatic carbocycles. The quantitative estimate of drug-likeness (QED) is 0.299. The number of nitro benzene ring substituents is 1. The van der Waals surface area contributed by atoms with Crippen LogP contribution in [0.5, 0.6) is 0 Å². The molecule has 0 aliphatic carbocycles. The van der Waals surface area contributed by atoms with Gasteiger partial charge in [0.2, 0.25) is 0 Å². The van der Waals surface area contributed by atoms with E-state index in [-0.39, 0.29) is 18.0 Å². The Kier molecular flexibility index (Phi) is 6.49. The predicted molar refractivity (Wildman–Crippen MR) is 122 cm³/mol. The second-order valence-corrected chi connectivity index (χ2v) is 8.11. The maximum Gasteiger partial charge on any atom is 0.269 e. The Morgan fingerprint density at radius 2 is 1.58 bits per heavy atom. The van der Waals surface area contributed by atoms with Gasteiger partial charge in [0.25, 0.3) is 11.6 Å². The third kappa shape index (κ3) is 4.77. The summed E-state index contributed by atoms with van der Waals surface area (Å²) < 4.78 is 0. The summed E-state index contributed by atoms with van der Waals surface area (Å²) in [5, 5.41) is 22.3. The molecule has 3 aromatic rings. The van der Waals surface area contributed by atoms with Gasteiger partial charge < -0.3 is 14.8 Å². The first-order valence-electron chi connectivity index (χ1n) is 10.9. The van der Waals surface area contributed by atoms with Crippen LogP contribution in [0.1, 0.15) is 52.2 Å². The lowest BCUT2D eigenvalue weighted by Gasteiger charge is -2.24. The van der Waals surface area contributed by atoms with Gasteiger partial charge in [-0.1, -0.05) is 48.5 Å². The molecule has 168 valence electrons. The lowest BCUT2D eigenvalue weighted by Crippen LogP contribution is -2.32. The number of aryl methyl sites for hydroxylation is 1. The van der Waals surface area contributed by atoms with E-state index < -0.39 is 16.8 Å². The van der Waals surface area contributed by atoms with Gasteiger partial charge in [-0.3, -0.25) is 14.9 Å². The zero-order valence-corrected chi connectivity index (χ0v) is 18.0. The molecular formula is C26H23N2O5-. The Hall–Kier alpha value is -4.00. The summed E-state index contributed by atoms with van der Waals surface area (Å²) in [6.45, 7) is 0.481. The SMILES string of the molecule is O=C([O-])CC1c2ccccc2C(=O)N(CCCCc2ccc([N+](=O)[O-])cc2)c2ccccc21. The summed E-state index contributed by atoms with van der Waals surface area (Å²) in [6.07, 6.45) is 2.07. The van der Waals surface area contributed by atoms with Crippen LogP contribution in [0.25, 0.3) is 0 Å². The zero-order chi connectivity index (χ0) is 23.4. The number of anilines is 1. The topological polar surface area (TPSA) is 104 Å². The van der Waals surface area contributed by atoms with E-state index in [1.807, 2.05) is 36.4 Å². The third-order valence-corrected chi connectivity index (χ3v) is 6.03.